The molecule has 0 saturated heterocycles. The summed E-state index contributed by atoms with van der Waals surface area (Å²) in [6.07, 6.45) is 3.57. The molecular formula is C14H21FN2O. The van der Waals surface area contributed by atoms with E-state index in [0.29, 0.717) is 19.1 Å². The predicted molar refractivity (Wildman–Crippen MR) is 69.6 cm³/mol. The maximum Gasteiger partial charge on any atom is 0.123 e. The van der Waals surface area contributed by atoms with Crippen molar-refractivity contribution >= 4 is 0 Å². The molecule has 3 nitrogen and oxygen atoms in total. The number of hydrogen-bond acceptors (Lipinski definition) is 3. The Bertz CT molecular complexity index is 365. The first-order valence-corrected chi connectivity index (χ1v) is 6.58. The molecule has 0 bridgehead atoms. The van der Waals surface area contributed by atoms with Gasteiger partial charge in [0.1, 0.15) is 5.82 Å². The maximum atomic E-state index is 13.0. The van der Waals surface area contributed by atoms with E-state index in [9.17, 15) is 9.50 Å². The zero-order valence-electron chi connectivity index (χ0n) is 10.6. The molecule has 1 aliphatic rings. The molecule has 2 rings (SSSR count). The topological polar surface area (TPSA) is 49.5 Å². The summed E-state index contributed by atoms with van der Waals surface area (Å²) in [6.45, 7) is 1.25. The lowest BCUT2D eigenvalue weighted by Gasteiger charge is -2.42. The molecule has 1 aliphatic carbocycles. The van der Waals surface area contributed by atoms with E-state index in [1.54, 1.807) is 12.1 Å². The Labute approximate surface area is 107 Å². The first-order chi connectivity index (χ1) is 8.76. The number of aliphatic hydroxyl groups is 1. The molecule has 0 heterocycles. The molecule has 1 unspecified atom stereocenters. The number of benzene rings is 1. The van der Waals surface area contributed by atoms with Crippen LogP contribution in [0.25, 0.3) is 0 Å². The van der Waals surface area contributed by atoms with Crippen molar-refractivity contribution in [2.45, 2.75) is 31.3 Å². The molecular weight excluding hydrogens is 231 g/mol. The Hall–Kier alpha value is -0.970. The molecule has 0 spiro atoms. The summed E-state index contributed by atoms with van der Waals surface area (Å²) in [5.41, 5.74) is 6.90. The molecule has 0 radical (unpaired) electrons. The second-order valence-electron chi connectivity index (χ2n) is 4.85. The number of hydrogen-bond donors (Lipinski definition) is 2. The van der Waals surface area contributed by atoms with Crippen LogP contribution in [0, 0.1) is 5.82 Å². The van der Waals surface area contributed by atoms with Crippen LogP contribution in [0.4, 0.5) is 4.39 Å². The lowest BCUT2D eigenvalue weighted by Crippen LogP contribution is -2.46. The molecule has 0 aliphatic heterocycles. The fourth-order valence-electron chi connectivity index (χ4n) is 2.57. The lowest BCUT2D eigenvalue weighted by atomic mass is 9.89. The lowest BCUT2D eigenvalue weighted by molar-refractivity contribution is 0.0623. The minimum Gasteiger partial charge on any atom is -0.395 e. The third-order valence-corrected chi connectivity index (χ3v) is 3.78. The summed E-state index contributed by atoms with van der Waals surface area (Å²) in [7, 11) is 0. The number of aliphatic hydroxyl groups excluding tert-OH is 1. The van der Waals surface area contributed by atoms with Gasteiger partial charge in [0.05, 0.1) is 6.61 Å². The fourth-order valence-corrected chi connectivity index (χ4v) is 2.57. The van der Waals surface area contributed by atoms with Gasteiger partial charge in [0, 0.05) is 25.2 Å². The maximum absolute atomic E-state index is 13.0. The monoisotopic (exact) mass is 252 g/mol. The molecule has 0 amide bonds. The van der Waals surface area contributed by atoms with Crippen molar-refractivity contribution in [2.24, 2.45) is 5.73 Å². The summed E-state index contributed by atoms with van der Waals surface area (Å²) >= 11 is 0. The normalized spacial score (nSPS) is 17.8. The van der Waals surface area contributed by atoms with E-state index < -0.39 is 0 Å². The van der Waals surface area contributed by atoms with Gasteiger partial charge in [0.15, 0.2) is 0 Å². The van der Waals surface area contributed by atoms with Crippen LogP contribution in [0.2, 0.25) is 0 Å². The van der Waals surface area contributed by atoms with Crippen molar-refractivity contribution in [1.82, 2.24) is 4.90 Å². The van der Waals surface area contributed by atoms with Crippen molar-refractivity contribution < 1.29 is 9.50 Å². The zero-order valence-corrected chi connectivity index (χ0v) is 10.6. The van der Waals surface area contributed by atoms with Gasteiger partial charge < -0.3 is 10.8 Å². The van der Waals surface area contributed by atoms with Crippen molar-refractivity contribution in [1.29, 1.82) is 0 Å². The summed E-state index contributed by atoms with van der Waals surface area (Å²) in [5, 5.41) is 9.20. The molecule has 100 valence electrons. The Morgan fingerprint density at radius 1 is 1.33 bits per heavy atom. The van der Waals surface area contributed by atoms with Gasteiger partial charge in [-0.2, -0.15) is 0 Å². The van der Waals surface area contributed by atoms with Crippen LogP contribution in [0.5, 0.6) is 0 Å². The fraction of sp³-hybridized carbons (Fsp3) is 0.571. The SMILES string of the molecule is NCC(c1ccc(F)cc1)N(CCO)C1CCC1. The first kappa shape index (κ1) is 13.5. The van der Waals surface area contributed by atoms with Crippen LogP contribution < -0.4 is 5.73 Å². The molecule has 1 aromatic rings. The smallest absolute Gasteiger partial charge is 0.123 e. The van der Waals surface area contributed by atoms with E-state index in [2.05, 4.69) is 4.90 Å². The number of nitrogens with two attached hydrogens (primary N) is 1. The van der Waals surface area contributed by atoms with E-state index in [-0.39, 0.29) is 18.5 Å². The highest BCUT2D eigenvalue weighted by molar-refractivity contribution is 5.21. The number of nitrogens with zero attached hydrogens (tertiary/aromatic N) is 1. The molecule has 1 aromatic carbocycles. The Balaban J connectivity index is 2.15. The minimum absolute atomic E-state index is 0.0723. The second-order valence-corrected chi connectivity index (χ2v) is 4.85. The van der Waals surface area contributed by atoms with Crippen molar-refractivity contribution in [3.63, 3.8) is 0 Å². The zero-order chi connectivity index (χ0) is 13.0. The molecule has 1 fully saturated rings. The second kappa shape index (κ2) is 6.27. The van der Waals surface area contributed by atoms with E-state index >= 15 is 0 Å². The summed E-state index contributed by atoms with van der Waals surface area (Å²) in [6, 6.07) is 7.09. The molecule has 0 aromatic heterocycles. The highest BCUT2D eigenvalue weighted by Crippen LogP contribution is 2.31. The van der Waals surface area contributed by atoms with Crippen LogP contribution in [0.3, 0.4) is 0 Å². The average Bonchev–Trinajstić information content (AvgIpc) is 2.30. The molecule has 1 atom stereocenters. The average molecular weight is 252 g/mol. The third-order valence-electron chi connectivity index (χ3n) is 3.78. The van der Waals surface area contributed by atoms with Gasteiger partial charge in [0.25, 0.3) is 0 Å². The van der Waals surface area contributed by atoms with Gasteiger partial charge in [-0.15, -0.1) is 0 Å². The van der Waals surface area contributed by atoms with E-state index in [1.165, 1.54) is 18.6 Å². The first-order valence-electron chi connectivity index (χ1n) is 6.58. The molecule has 1 saturated carbocycles. The largest absolute Gasteiger partial charge is 0.395 e. The van der Waals surface area contributed by atoms with Crippen LogP contribution in [0.15, 0.2) is 24.3 Å². The van der Waals surface area contributed by atoms with Gasteiger partial charge in [-0.05, 0) is 30.5 Å². The quantitative estimate of drug-likeness (QED) is 0.809. The standard InChI is InChI=1S/C14H21FN2O/c15-12-6-4-11(5-7-12)14(10-16)17(8-9-18)13-2-1-3-13/h4-7,13-14,18H,1-3,8-10,16H2. The van der Waals surface area contributed by atoms with Crippen molar-refractivity contribution in [2.75, 3.05) is 19.7 Å². The highest BCUT2D eigenvalue weighted by atomic mass is 19.1. The third kappa shape index (κ3) is 2.88. The highest BCUT2D eigenvalue weighted by Gasteiger charge is 2.30. The van der Waals surface area contributed by atoms with Gasteiger partial charge in [0.2, 0.25) is 0 Å². The van der Waals surface area contributed by atoms with Crippen LogP contribution >= 0.6 is 0 Å². The van der Waals surface area contributed by atoms with Crippen LogP contribution in [-0.4, -0.2) is 35.7 Å². The Kier molecular flexibility index (Phi) is 4.69. The van der Waals surface area contributed by atoms with Gasteiger partial charge in [-0.3, -0.25) is 4.90 Å². The molecule has 3 N–H and O–H groups in total. The Morgan fingerprint density at radius 2 is 2.00 bits per heavy atom. The van der Waals surface area contributed by atoms with Crippen LogP contribution in [0.1, 0.15) is 30.9 Å². The van der Waals surface area contributed by atoms with Gasteiger partial charge in [-0.1, -0.05) is 18.6 Å². The van der Waals surface area contributed by atoms with Crippen LogP contribution in [-0.2, 0) is 0 Å². The van der Waals surface area contributed by atoms with Gasteiger partial charge in [-0.25, -0.2) is 4.39 Å². The number of halogens is 1. The summed E-state index contributed by atoms with van der Waals surface area (Å²) in [4.78, 5) is 2.26. The summed E-state index contributed by atoms with van der Waals surface area (Å²) in [5.74, 6) is -0.230. The Morgan fingerprint density at radius 3 is 2.44 bits per heavy atom. The van der Waals surface area contributed by atoms with E-state index in [0.717, 1.165) is 18.4 Å². The summed E-state index contributed by atoms with van der Waals surface area (Å²) < 4.78 is 13.0. The van der Waals surface area contributed by atoms with E-state index in [4.69, 9.17) is 5.73 Å². The predicted octanol–water partition coefficient (Wildman–Crippen LogP) is 1.67. The minimum atomic E-state index is -0.230. The molecule has 4 heteroatoms. The van der Waals surface area contributed by atoms with Crippen molar-refractivity contribution in [3.8, 4) is 0 Å². The number of rotatable bonds is 6. The van der Waals surface area contributed by atoms with Crippen molar-refractivity contribution in [3.05, 3.63) is 35.6 Å². The molecule has 18 heavy (non-hydrogen) atoms. The van der Waals surface area contributed by atoms with E-state index in [1.807, 2.05) is 0 Å². The van der Waals surface area contributed by atoms with Gasteiger partial charge >= 0.3 is 0 Å².